The van der Waals surface area contributed by atoms with Crippen LogP contribution in [0.2, 0.25) is 0 Å². The van der Waals surface area contributed by atoms with E-state index in [1.165, 1.54) is 8.86 Å². The molecule has 1 aromatic heterocycles. The maximum absolute atomic E-state index is 13.6. The molecule has 1 aliphatic rings. The van der Waals surface area contributed by atoms with Gasteiger partial charge in [-0.25, -0.2) is 8.78 Å². The summed E-state index contributed by atoms with van der Waals surface area (Å²) in [6.45, 7) is 1.72. The van der Waals surface area contributed by atoms with Gasteiger partial charge in [-0.3, -0.25) is 2.78 Å². The predicted octanol–water partition coefficient (Wildman–Crippen LogP) is 3.32. The molecule has 15 heavy (non-hydrogen) atoms. The summed E-state index contributed by atoms with van der Waals surface area (Å²) in [6, 6.07) is 3.54. The average molecular weight is 320 g/mol. The number of hydrogen-bond acceptors (Lipinski definition) is 1. The molecule has 0 aliphatic heterocycles. The van der Waals surface area contributed by atoms with E-state index >= 15 is 0 Å². The highest BCUT2D eigenvalue weighted by atomic mass is 127. The normalized spacial score (nSPS) is 24.3. The van der Waals surface area contributed by atoms with Crippen LogP contribution in [0.3, 0.4) is 0 Å². The van der Waals surface area contributed by atoms with Gasteiger partial charge < -0.3 is 0 Å². The van der Waals surface area contributed by atoms with E-state index in [1.807, 2.05) is 28.9 Å². The summed E-state index contributed by atoms with van der Waals surface area (Å²) in [7, 11) is 0. The van der Waals surface area contributed by atoms with Crippen LogP contribution in [-0.2, 0) is 0 Å². The third-order valence-corrected chi connectivity index (χ3v) is 3.51. The van der Waals surface area contributed by atoms with Crippen molar-refractivity contribution in [3.8, 4) is 6.07 Å². The third kappa shape index (κ3) is 1.47. The predicted molar refractivity (Wildman–Crippen MR) is 61.0 cm³/mol. The molecule has 0 radical (unpaired) electrons. The first kappa shape index (κ1) is 10.6. The molecule has 78 valence electrons. The van der Waals surface area contributed by atoms with Crippen molar-refractivity contribution >= 4 is 28.4 Å². The van der Waals surface area contributed by atoms with Crippen molar-refractivity contribution in [2.45, 2.75) is 19.3 Å². The van der Waals surface area contributed by atoms with Crippen LogP contribution in [0.25, 0.3) is 5.57 Å². The minimum atomic E-state index is -1.68. The lowest BCUT2D eigenvalue weighted by molar-refractivity contribution is 0.201. The van der Waals surface area contributed by atoms with Crippen molar-refractivity contribution < 1.29 is 8.78 Å². The second kappa shape index (κ2) is 3.59. The van der Waals surface area contributed by atoms with Gasteiger partial charge in [0.25, 0.3) is 0 Å². The van der Waals surface area contributed by atoms with E-state index in [-0.39, 0.29) is 5.69 Å². The molecule has 0 spiro atoms. The number of rotatable bonds is 0. The maximum atomic E-state index is 13.6. The van der Waals surface area contributed by atoms with Gasteiger partial charge in [0.05, 0.1) is 28.6 Å². The van der Waals surface area contributed by atoms with Crippen molar-refractivity contribution in [3.63, 3.8) is 0 Å². The van der Waals surface area contributed by atoms with Crippen molar-refractivity contribution in [1.29, 1.82) is 5.26 Å². The summed E-state index contributed by atoms with van der Waals surface area (Å²) in [5.74, 6) is 0. The molecule has 1 aromatic rings. The number of allylic oxidation sites excluding steroid dienone is 2. The smallest absolute Gasteiger partial charge is 0.176 e. The van der Waals surface area contributed by atoms with E-state index in [0.29, 0.717) is 16.8 Å². The lowest BCUT2D eigenvalue weighted by atomic mass is 9.95. The zero-order chi connectivity index (χ0) is 11.2. The van der Waals surface area contributed by atoms with Gasteiger partial charge in [0, 0.05) is 5.56 Å². The number of aromatic nitrogens is 1. The van der Waals surface area contributed by atoms with Gasteiger partial charge in [0.1, 0.15) is 11.8 Å². The van der Waals surface area contributed by atoms with E-state index in [0.717, 1.165) is 0 Å². The molecule has 2 atom stereocenters. The van der Waals surface area contributed by atoms with Gasteiger partial charge in [-0.1, -0.05) is 0 Å². The fourth-order valence-electron chi connectivity index (χ4n) is 1.72. The number of alkyl halides is 2. The molecule has 2 nitrogen and oxygen atoms in total. The van der Waals surface area contributed by atoms with Crippen LogP contribution in [0.1, 0.15) is 30.0 Å². The van der Waals surface area contributed by atoms with Crippen LogP contribution in [-0.4, -0.2) is 8.95 Å². The highest BCUT2D eigenvalue weighted by Crippen LogP contribution is 2.39. The van der Waals surface area contributed by atoms with Crippen LogP contribution in [0, 0.1) is 11.3 Å². The first-order valence-electron chi connectivity index (χ1n) is 4.35. The topological polar surface area (TPSA) is 28.7 Å². The first-order chi connectivity index (χ1) is 7.06. The quantitative estimate of drug-likeness (QED) is 0.674. The van der Waals surface area contributed by atoms with E-state index in [4.69, 9.17) is 5.26 Å². The molecule has 5 heteroatoms. The number of halogens is 3. The monoisotopic (exact) mass is 320 g/mol. The fraction of sp³-hybridized carbons (Fsp3) is 0.300. The number of nitriles is 1. The minimum Gasteiger partial charge on any atom is -0.274 e. The van der Waals surface area contributed by atoms with E-state index in [1.54, 1.807) is 13.0 Å². The Morgan fingerprint density at radius 3 is 2.80 bits per heavy atom. The SMILES string of the molecule is CC1=CC(F)C(F)c2c1cc(C#N)n2I. The maximum Gasteiger partial charge on any atom is 0.176 e. The van der Waals surface area contributed by atoms with Crippen molar-refractivity contribution in [2.75, 3.05) is 0 Å². The summed E-state index contributed by atoms with van der Waals surface area (Å²) in [5.41, 5.74) is 1.89. The number of hydrogen-bond donors (Lipinski definition) is 0. The summed E-state index contributed by atoms with van der Waals surface area (Å²) in [5, 5.41) is 8.79. The third-order valence-electron chi connectivity index (χ3n) is 2.47. The van der Waals surface area contributed by atoms with Crippen LogP contribution >= 0.6 is 22.9 Å². The summed E-state index contributed by atoms with van der Waals surface area (Å²) in [6.07, 6.45) is -2.04. The van der Waals surface area contributed by atoms with Gasteiger partial charge in [0.15, 0.2) is 12.3 Å². The number of fused-ring (bicyclic) bond motifs is 1. The zero-order valence-corrected chi connectivity index (χ0v) is 10.00. The molecule has 0 fully saturated rings. The Balaban J connectivity index is 2.68. The van der Waals surface area contributed by atoms with Crippen molar-refractivity contribution in [3.05, 3.63) is 29.1 Å². The van der Waals surface area contributed by atoms with Gasteiger partial charge in [-0.15, -0.1) is 0 Å². The Morgan fingerprint density at radius 2 is 2.20 bits per heavy atom. The van der Waals surface area contributed by atoms with Crippen molar-refractivity contribution in [1.82, 2.24) is 2.78 Å². The second-order valence-electron chi connectivity index (χ2n) is 3.42. The molecule has 0 bridgehead atoms. The molecule has 0 saturated carbocycles. The lowest BCUT2D eigenvalue weighted by Crippen LogP contribution is -2.15. The lowest BCUT2D eigenvalue weighted by Gasteiger charge is -2.19. The highest BCUT2D eigenvalue weighted by Gasteiger charge is 2.32. The zero-order valence-electron chi connectivity index (χ0n) is 7.84. The Morgan fingerprint density at radius 1 is 1.53 bits per heavy atom. The van der Waals surface area contributed by atoms with Gasteiger partial charge in [-0.05, 0) is 24.6 Å². The van der Waals surface area contributed by atoms with E-state index < -0.39 is 12.3 Å². The molecule has 0 amide bonds. The Kier molecular flexibility index (Phi) is 2.54. The summed E-state index contributed by atoms with van der Waals surface area (Å²) >= 11 is 1.81. The molecule has 2 rings (SSSR count). The molecular formula is C10H7F2IN2. The minimum absolute atomic E-state index is 0.250. The average Bonchev–Trinajstić information content (AvgIpc) is 2.53. The summed E-state index contributed by atoms with van der Waals surface area (Å²) in [4.78, 5) is 0. The molecule has 0 aromatic carbocycles. The van der Waals surface area contributed by atoms with Crippen LogP contribution < -0.4 is 0 Å². The van der Waals surface area contributed by atoms with E-state index in [2.05, 4.69) is 0 Å². The van der Waals surface area contributed by atoms with Crippen LogP contribution in [0.4, 0.5) is 8.78 Å². The van der Waals surface area contributed by atoms with Gasteiger partial charge >= 0.3 is 0 Å². The molecule has 1 aliphatic carbocycles. The number of nitrogens with zero attached hydrogens (tertiary/aromatic N) is 2. The molecule has 0 saturated heterocycles. The largest absolute Gasteiger partial charge is 0.274 e. The molecule has 0 N–H and O–H groups in total. The second-order valence-corrected chi connectivity index (χ2v) is 4.38. The standard InChI is InChI=1S/C10H7F2IN2/c1-5-2-8(11)9(12)10-7(5)3-6(4-14)15(10)13/h2-3,8-9H,1H3. The molecule has 2 unspecified atom stereocenters. The van der Waals surface area contributed by atoms with Crippen LogP contribution in [0.15, 0.2) is 12.1 Å². The Labute approximate surface area is 99.7 Å². The van der Waals surface area contributed by atoms with Crippen molar-refractivity contribution in [2.24, 2.45) is 0 Å². The molecular weight excluding hydrogens is 313 g/mol. The van der Waals surface area contributed by atoms with E-state index in [9.17, 15) is 8.78 Å². The Bertz CT molecular complexity index is 484. The Hall–Kier alpha value is -0.900. The van der Waals surface area contributed by atoms with Gasteiger partial charge in [-0.2, -0.15) is 5.26 Å². The van der Waals surface area contributed by atoms with Gasteiger partial charge in [0.2, 0.25) is 0 Å². The summed E-state index contributed by atoms with van der Waals surface area (Å²) < 4.78 is 28.2. The molecule has 1 heterocycles. The van der Waals surface area contributed by atoms with Crippen LogP contribution in [0.5, 0.6) is 0 Å². The first-order valence-corrected chi connectivity index (χ1v) is 5.31. The highest BCUT2D eigenvalue weighted by molar-refractivity contribution is 14.1. The fourth-order valence-corrected chi connectivity index (χ4v) is 2.49.